The van der Waals surface area contributed by atoms with Crippen molar-refractivity contribution in [3.63, 3.8) is 0 Å². The van der Waals surface area contributed by atoms with Gasteiger partial charge in [-0.1, -0.05) is 41.7 Å². The number of rotatable bonds is 8. The number of carbonyl (C=O) groups excluding carboxylic acids is 1. The minimum absolute atomic E-state index is 0.207. The molecule has 1 aliphatic rings. The van der Waals surface area contributed by atoms with Gasteiger partial charge >= 0.3 is 0 Å². The van der Waals surface area contributed by atoms with E-state index in [1.165, 1.54) is 27.8 Å². The molecule has 5 rings (SSSR count). The SMILES string of the molecule is CCOc1ccc2nc(N(Cc3ccccc3)C(=O)c3ccc(S(=O)(=O)N4CCCC4)cc3)sc2c1. The molecular formula is C27H27N3O4S2. The molecule has 36 heavy (non-hydrogen) atoms. The summed E-state index contributed by atoms with van der Waals surface area (Å²) in [4.78, 5) is 20.3. The lowest BCUT2D eigenvalue weighted by atomic mass is 10.1. The Kier molecular flexibility index (Phi) is 7.04. The van der Waals surface area contributed by atoms with Crippen LogP contribution in [-0.4, -0.2) is 43.3 Å². The molecule has 0 spiro atoms. The second-order valence-electron chi connectivity index (χ2n) is 8.57. The number of nitrogens with zero attached hydrogens (tertiary/aromatic N) is 3. The number of thiazole rings is 1. The third kappa shape index (κ3) is 5.00. The average molecular weight is 522 g/mol. The van der Waals surface area contributed by atoms with E-state index in [1.807, 2.05) is 55.5 Å². The molecule has 0 bridgehead atoms. The molecule has 0 atom stereocenters. The van der Waals surface area contributed by atoms with Gasteiger partial charge in [-0.15, -0.1) is 0 Å². The highest BCUT2D eigenvalue weighted by Crippen LogP contribution is 2.33. The van der Waals surface area contributed by atoms with Crippen LogP contribution in [0.3, 0.4) is 0 Å². The van der Waals surface area contributed by atoms with E-state index in [-0.39, 0.29) is 10.8 Å². The number of carbonyl (C=O) groups is 1. The second-order valence-corrected chi connectivity index (χ2v) is 11.5. The van der Waals surface area contributed by atoms with Crippen LogP contribution in [0, 0.1) is 0 Å². The molecule has 0 N–H and O–H groups in total. The Hall–Kier alpha value is -3.27. The van der Waals surface area contributed by atoms with E-state index in [0.717, 1.165) is 34.4 Å². The van der Waals surface area contributed by atoms with Gasteiger partial charge in [0.15, 0.2) is 5.13 Å². The van der Waals surface area contributed by atoms with Crippen molar-refractivity contribution in [2.24, 2.45) is 0 Å². The molecule has 1 amide bonds. The van der Waals surface area contributed by atoms with Crippen molar-refractivity contribution in [3.05, 3.63) is 83.9 Å². The lowest BCUT2D eigenvalue weighted by Gasteiger charge is -2.20. The molecule has 0 unspecified atom stereocenters. The summed E-state index contributed by atoms with van der Waals surface area (Å²) < 4.78 is 33.8. The van der Waals surface area contributed by atoms with E-state index in [0.29, 0.717) is 36.9 Å². The minimum Gasteiger partial charge on any atom is -0.494 e. The van der Waals surface area contributed by atoms with Crippen LogP contribution in [0.1, 0.15) is 35.7 Å². The summed E-state index contributed by atoms with van der Waals surface area (Å²) >= 11 is 1.42. The number of hydrogen-bond acceptors (Lipinski definition) is 6. The molecule has 1 aromatic heterocycles. The fraction of sp³-hybridized carbons (Fsp3) is 0.259. The van der Waals surface area contributed by atoms with Crippen LogP contribution in [0.4, 0.5) is 5.13 Å². The number of aromatic nitrogens is 1. The largest absolute Gasteiger partial charge is 0.494 e. The predicted molar refractivity (Wildman–Crippen MR) is 142 cm³/mol. The topological polar surface area (TPSA) is 79.8 Å². The first kappa shape index (κ1) is 24.4. The number of sulfonamides is 1. The smallest absolute Gasteiger partial charge is 0.260 e. The molecule has 2 heterocycles. The summed E-state index contributed by atoms with van der Waals surface area (Å²) in [6.07, 6.45) is 1.75. The van der Waals surface area contributed by atoms with Crippen molar-refractivity contribution in [2.75, 3.05) is 24.6 Å². The number of fused-ring (bicyclic) bond motifs is 1. The van der Waals surface area contributed by atoms with Gasteiger partial charge in [-0.3, -0.25) is 9.69 Å². The maximum atomic E-state index is 13.7. The van der Waals surface area contributed by atoms with E-state index in [1.54, 1.807) is 17.0 Å². The molecule has 0 radical (unpaired) electrons. The van der Waals surface area contributed by atoms with E-state index < -0.39 is 10.0 Å². The minimum atomic E-state index is -3.54. The highest BCUT2D eigenvalue weighted by Gasteiger charge is 2.28. The fourth-order valence-electron chi connectivity index (χ4n) is 4.26. The second kappa shape index (κ2) is 10.4. The van der Waals surface area contributed by atoms with Crippen LogP contribution in [0.2, 0.25) is 0 Å². The first-order valence-electron chi connectivity index (χ1n) is 11.9. The number of anilines is 1. The van der Waals surface area contributed by atoms with Crippen molar-refractivity contribution in [3.8, 4) is 5.75 Å². The van der Waals surface area contributed by atoms with Crippen molar-refractivity contribution >= 4 is 42.6 Å². The third-order valence-corrected chi connectivity index (χ3v) is 9.08. The fourth-order valence-corrected chi connectivity index (χ4v) is 6.77. The quantitative estimate of drug-likeness (QED) is 0.313. The Balaban J connectivity index is 1.47. The third-order valence-electron chi connectivity index (χ3n) is 6.12. The highest BCUT2D eigenvalue weighted by molar-refractivity contribution is 7.89. The molecule has 1 saturated heterocycles. The summed E-state index contributed by atoms with van der Waals surface area (Å²) in [5, 5.41) is 0.571. The molecule has 186 valence electrons. The van der Waals surface area contributed by atoms with Gasteiger partial charge in [0.2, 0.25) is 10.0 Å². The van der Waals surface area contributed by atoms with Crippen molar-refractivity contribution in [1.82, 2.24) is 9.29 Å². The molecule has 1 fully saturated rings. The molecule has 4 aromatic rings. The van der Waals surface area contributed by atoms with Gasteiger partial charge in [-0.25, -0.2) is 13.4 Å². The average Bonchev–Trinajstić information content (AvgIpc) is 3.58. The maximum Gasteiger partial charge on any atom is 0.260 e. The normalized spacial score (nSPS) is 14.2. The van der Waals surface area contributed by atoms with Crippen LogP contribution in [0.25, 0.3) is 10.2 Å². The van der Waals surface area contributed by atoms with Crippen LogP contribution in [0.5, 0.6) is 5.75 Å². The molecule has 9 heteroatoms. The Bertz CT molecular complexity index is 1460. The first-order chi connectivity index (χ1) is 17.5. The Labute approximate surface area is 215 Å². The maximum absolute atomic E-state index is 13.7. The van der Waals surface area contributed by atoms with Gasteiger partial charge in [0, 0.05) is 18.7 Å². The number of hydrogen-bond donors (Lipinski definition) is 0. The van der Waals surface area contributed by atoms with Crippen LogP contribution in [-0.2, 0) is 16.6 Å². The summed E-state index contributed by atoms with van der Waals surface area (Å²) in [5.41, 5.74) is 2.16. The zero-order chi connectivity index (χ0) is 25.1. The van der Waals surface area contributed by atoms with Gasteiger partial charge < -0.3 is 4.74 Å². The van der Waals surface area contributed by atoms with Crippen LogP contribution in [0.15, 0.2) is 77.7 Å². The van der Waals surface area contributed by atoms with Crippen molar-refractivity contribution < 1.29 is 17.9 Å². The van der Waals surface area contributed by atoms with E-state index >= 15 is 0 Å². The number of benzene rings is 3. The Morgan fingerprint density at radius 3 is 2.44 bits per heavy atom. The number of amides is 1. The van der Waals surface area contributed by atoms with E-state index in [4.69, 9.17) is 9.72 Å². The van der Waals surface area contributed by atoms with Crippen molar-refractivity contribution in [2.45, 2.75) is 31.2 Å². The molecule has 0 aliphatic carbocycles. The standard InChI is InChI=1S/C27H27N3O4S2/c1-2-34-22-12-15-24-25(18-22)35-27(28-24)30(19-20-8-4-3-5-9-20)26(31)21-10-13-23(14-11-21)36(32,33)29-16-6-7-17-29/h3-5,8-15,18H,2,6-7,16-17,19H2,1H3. The monoisotopic (exact) mass is 521 g/mol. The Morgan fingerprint density at radius 2 is 1.75 bits per heavy atom. The summed E-state index contributed by atoms with van der Waals surface area (Å²) in [6, 6.07) is 21.6. The Morgan fingerprint density at radius 1 is 1.03 bits per heavy atom. The van der Waals surface area contributed by atoms with Gasteiger partial charge in [0.25, 0.3) is 5.91 Å². The lowest BCUT2D eigenvalue weighted by molar-refractivity contribution is 0.0985. The van der Waals surface area contributed by atoms with Gasteiger partial charge in [0.1, 0.15) is 5.75 Å². The van der Waals surface area contributed by atoms with Crippen molar-refractivity contribution in [1.29, 1.82) is 0 Å². The van der Waals surface area contributed by atoms with Gasteiger partial charge in [-0.05, 0) is 67.8 Å². The van der Waals surface area contributed by atoms with Crippen LogP contribution >= 0.6 is 11.3 Å². The van der Waals surface area contributed by atoms with E-state index in [9.17, 15) is 13.2 Å². The predicted octanol–water partition coefficient (Wildman–Crippen LogP) is 5.33. The zero-order valence-electron chi connectivity index (χ0n) is 20.0. The van der Waals surface area contributed by atoms with E-state index in [2.05, 4.69) is 0 Å². The molecule has 1 aliphatic heterocycles. The zero-order valence-corrected chi connectivity index (χ0v) is 21.6. The molecule has 7 nitrogen and oxygen atoms in total. The number of ether oxygens (including phenoxy) is 1. The van der Waals surface area contributed by atoms with Crippen LogP contribution < -0.4 is 9.64 Å². The summed E-state index contributed by atoms with van der Waals surface area (Å²) in [7, 11) is -3.54. The molecule has 0 saturated carbocycles. The summed E-state index contributed by atoms with van der Waals surface area (Å²) in [5.74, 6) is 0.518. The van der Waals surface area contributed by atoms with Gasteiger partial charge in [-0.2, -0.15) is 4.31 Å². The summed E-state index contributed by atoms with van der Waals surface area (Å²) in [6.45, 7) is 3.92. The van der Waals surface area contributed by atoms with Gasteiger partial charge in [0.05, 0.1) is 28.3 Å². The highest BCUT2D eigenvalue weighted by atomic mass is 32.2. The molecular weight excluding hydrogens is 494 g/mol. The first-order valence-corrected chi connectivity index (χ1v) is 14.2. The molecule has 3 aromatic carbocycles. The lowest BCUT2D eigenvalue weighted by Crippen LogP contribution is -2.30.